The number of halogens is 1. The summed E-state index contributed by atoms with van der Waals surface area (Å²) in [5.74, 6) is -2.07. The molecule has 0 aliphatic heterocycles. The fourth-order valence-corrected chi connectivity index (χ4v) is 1.79. The van der Waals surface area contributed by atoms with Crippen LogP contribution in [-0.2, 0) is 19.2 Å². The Labute approximate surface area is 144 Å². The van der Waals surface area contributed by atoms with E-state index in [1.54, 1.807) is 0 Å². The van der Waals surface area contributed by atoms with Crippen LogP contribution < -0.4 is 27.4 Å². The van der Waals surface area contributed by atoms with Crippen molar-refractivity contribution in [1.29, 1.82) is 0 Å². The second kappa shape index (κ2) is 12.1. The highest BCUT2D eigenvalue weighted by atomic mass is 35.5. The van der Waals surface area contributed by atoms with Crippen LogP contribution in [-0.4, -0.2) is 61.0 Å². The molecule has 0 aliphatic rings. The van der Waals surface area contributed by atoms with Gasteiger partial charge < -0.3 is 27.4 Å². The lowest BCUT2D eigenvalue weighted by atomic mass is 10.1. The lowest BCUT2D eigenvalue weighted by Crippen LogP contribution is -2.47. The molecule has 0 aromatic heterocycles. The summed E-state index contributed by atoms with van der Waals surface area (Å²) in [4.78, 5) is 49.3. The smallest absolute Gasteiger partial charge is 0.239 e. The summed E-state index contributed by atoms with van der Waals surface area (Å²) in [5, 5.41) is 7.10. The number of Topliss-reactive ketones (excluding diaryl/α,β-unsaturated/α-hetero) is 1. The Morgan fingerprint density at radius 2 is 1.71 bits per heavy atom. The van der Waals surface area contributed by atoms with Crippen LogP contribution in [0.4, 0.5) is 0 Å². The molecule has 1 atom stereocenters. The first-order chi connectivity index (χ1) is 11.3. The van der Waals surface area contributed by atoms with Crippen LogP contribution in [0.15, 0.2) is 4.99 Å². The summed E-state index contributed by atoms with van der Waals surface area (Å²) >= 11 is 5.51. The van der Waals surface area contributed by atoms with Crippen molar-refractivity contribution in [2.24, 2.45) is 16.5 Å². The van der Waals surface area contributed by atoms with Gasteiger partial charge in [0.25, 0.3) is 0 Å². The fourth-order valence-electron chi connectivity index (χ4n) is 1.60. The Kier molecular flexibility index (Phi) is 10.9. The van der Waals surface area contributed by atoms with E-state index >= 15 is 0 Å². The highest BCUT2D eigenvalue weighted by Crippen LogP contribution is 2.01. The van der Waals surface area contributed by atoms with Crippen LogP contribution in [0, 0.1) is 0 Å². The van der Waals surface area contributed by atoms with Gasteiger partial charge in [-0.1, -0.05) is 0 Å². The van der Waals surface area contributed by atoms with Gasteiger partial charge in [-0.05, 0) is 12.8 Å². The zero-order chi connectivity index (χ0) is 18.5. The van der Waals surface area contributed by atoms with E-state index in [2.05, 4.69) is 20.9 Å². The maximum atomic E-state index is 11.8. The highest BCUT2D eigenvalue weighted by Gasteiger charge is 2.19. The number of hydrogen-bond donors (Lipinski definition) is 5. The minimum atomic E-state index is -0.781. The fraction of sp³-hybridized carbons (Fsp3) is 0.615. The van der Waals surface area contributed by atoms with Gasteiger partial charge in [0.05, 0.1) is 25.0 Å². The summed E-state index contributed by atoms with van der Waals surface area (Å²) in [6.45, 7) is 1.03. The minimum Gasteiger partial charge on any atom is -0.370 e. The molecule has 0 radical (unpaired) electrons. The lowest BCUT2D eigenvalue weighted by molar-refractivity contribution is -0.129. The van der Waals surface area contributed by atoms with E-state index < -0.39 is 17.9 Å². The number of nitrogens with one attached hydrogen (secondary N) is 3. The molecular weight excluding hydrogens is 340 g/mol. The van der Waals surface area contributed by atoms with Gasteiger partial charge in [0.2, 0.25) is 17.7 Å². The van der Waals surface area contributed by atoms with Gasteiger partial charge in [0.1, 0.15) is 0 Å². The van der Waals surface area contributed by atoms with Crippen molar-refractivity contribution in [3.05, 3.63) is 0 Å². The molecule has 0 fully saturated rings. The van der Waals surface area contributed by atoms with E-state index in [1.165, 1.54) is 6.92 Å². The average Bonchev–Trinajstić information content (AvgIpc) is 2.52. The zero-order valence-electron chi connectivity index (χ0n) is 13.4. The monoisotopic (exact) mass is 362 g/mol. The van der Waals surface area contributed by atoms with E-state index in [-0.39, 0.29) is 36.6 Å². The molecule has 0 saturated heterocycles. The number of aliphatic imine (C=N–C) groups is 1. The molecule has 10 nitrogen and oxygen atoms in total. The lowest BCUT2D eigenvalue weighted by Gasteiger charge is -2.16. The molecule has 0 saturated carbocycles. The first-order valence-electron chi connectivity index (χ1n) is 7.20. The third kappa shape index (κ3) is 11.2. The molecule has 0 heterocycles. The Balaban J connectivity index is 4.29. The van der Waals surface area contributed by atoms with E-state index in [9.17, 15) is 19.2 Å². The Hall–Kier alpha value is -2.36. The molecular formula is C13H23ClN6O4. The molecule has 0 aliphatic carbocycles. The summed E-state index contributed by atoms with van der Waals surface area (Å²) in [7, 11) is 0. The summed E-state index contributed by atoms with van der Waals surface area (Å²) in [5.41, 5.74) is 10.4. The van der Waals surface area contributed by atoms with E-state index in [0.717, 1.165) is 0 Å². The van der Waals surface area contributed by atoms with Crippen molar-refractivity contribution in [3.8, 4) is 0 Å². The Morgan fingerprint density at radius 3 is 2.25 bits per heavy atom. The largest absolute Gasteiger partial charge is 0.370 e. The molecule has 0 rings (SSSR count). The first kappa shape index (κ1) is 21.6. The second-order valence-electron chi connectivity index (χ2n) is 4.86. The maximum Gasteiger partial charge on any atom is 0.239 e. The molecule has 0 spiro atoms. The molecule has 11 heteroatoms. The van der Waals surface area contributed by atoms with Gasteiger partial charge in [-0.15, -0.1) is 11.6 Å². The number of nitrogens with zero attached hydrogens (tertiary/aromatic N) is 1. The van der Waals surface area contributed by atoms with Gasteiger partial charge in [0.15, 0.2) is 11.7 Å². The van der Waals surface area contributed by atoms with Crippen molar-refractivity contribution in [2.45, 2.75) is 25.8 Å². The van der Waals surface area contributed by atoms with Crippen molar-refractivity contribution < 1.29 is 19.2 Å². The zero-order valence-corrected chi connectivity index (χ0v) is 14.2. The summed E-state index contributed by atoms with van der Waals surface area (Å²) in [6, 6.07) is -0.781. The number of carbonyl (C=O) groups excluding carboxylic acids is 4. The number of nitrogens with two attached hydrogens (primary N) is 2. The number of alkyl halides is 1. The Bertz CT molecular complexity index is 493. The van der Waals surface area contributed by atoms with Crippen molar-refractivity contribution in [3.63, 3.8) is 0 Å². The van der Waals surface area contributed by atoms with Crippen molar-refractivity contribution >= 4 is 41.1 Å². The van der Waals surface area contributed by atoms with Crippen LogP contribution in [0.3, 0.4) is 0 Å². The molecule has 3 amide bonds. The van der Waals surface area contributed by atoms with Crippen LogP contribution in [0.1, 0.15) is 19.8 Å². The molecule has 0 aromatic carbocycles. The van der Waals surface area contributed by atoms with Gasteiger partial charge in [0, 0.05) is 13.5 Å². The SMILES string of the molecule is CC(=O)NCC(=O)NCC(=O)N[C@@H](CCCN=C(N)N)C(=O)CCl. The Morgan fingerprint density at radius 1 is 1.08 bits per heavy atom. The molecule has 7 N–H and O–H groups in total. The normalized spacial score (nSPS) is 11.1. The number of amides is 3. The third-order valence-corrected chi connectivity index (χ3v) is 3.01. The molecule has 0 aromatic rings. The van der Waals surface area contributed by atoms with Crippen LogP contribution in [0.25, 0.3) is 0 Å². The highest BCUT2D eigenvalue weighted by molar-refractivity contribution is 6.28. The quantitative estimate of drug-likeness (QED) is 0.119. The van der Waals surface area contributed by atoms with Crippen molar-refractivity contribution in [1.82, 2.24) is 16.0 Å². The minimum absolute atomic E-state index is 0.0545. The maximum absolute atomic E-state index is 11.8. The van der Waals surface area contributed by atoms with E-state index in [0.29, 0.717) is 19.4 Å². The van der Waals surface area contributed by atoms with Gasteiger partial charge in [-0.3, -0.25) is 24.2 Å². The molecule has 24 heavy (non-hydrogen) atoms. The van der Waals surface area contributed by atoms with E-state index in [1.807, 2.05) is 0 Å². The van der Waals surface area contributed by atoms with Gasteiger partial charge in [-0.2, -0.15) is 0 Å². The average molecular weight is 363 g/mol. The summed E-state index contributed by atoms with van der Waals surface area (Å²) < 4.78 is 0. The number of rotatable bonds is 11. The number of guanidine groups is 1. The van der Waals surface area contributed by atoms with E-state index in [4.69, 9.17) is 23.1 Å². The standard InChI is InChI=1S/C13H23ClN6O4/c1-8(21)18-6-11(23)19-7-12(24)20-9(10(22)5-14)3-2-4-17-13(15)16/h9H,2-7H2,1H3,(H,18,21)(H,19,23)(H,20,24)(H4,15,16,17)/t9-/m0/s1. The number of carbonyl (C=O) groups is 4. The number of hydrogen-bond acceptors (Lipinski definition) is 5. The topological polar surface area (TPSA) is 169 Å². The van der Waals surface area contributed by atoms with Gasteiger partial charge >= 0.3 is 0 Å². The second-order valence-corrected chi connectivity index (χ2v) is 5.12. The summed E-state index contributed by atoms with van der Waals surface area (Å²) in [6.07, 6.45) is 0.786. The molecule has 0 bridgehead atoms. The predicted molar refractivity (Wildman–Crippen MR) is 89.3 cm³/mol. The number of ketones is 1. The molecule has 0 unspecified atom stereocenters. The molecule has 136 valence electrons. The van der Waals surface area contributed by atoms with Gasteiger partial charge in [-0.25, -0.2) is 0 Å². The van der Waals surface area contributed by atoms with Crippen LogP contribution in [0.5, 0.6) is 0 Å². The van der Waals surface area contributed by atoms with Crippen LogP contribution in [0.2, 0.25) is 0 Å². The van der Waals surface area contributed by atoms with Crippen molar-refractivity contribution in [2.75, 3.05) is 25.5 Å². The first-order valence-corrected chi connectivity index (χ1v) is 7.74. The predicted octanol–water partition coefficient (Wildman–Crippen LogP) is -2.41. The third-order valence-electron chi connectivity index (χ3n) is 2.74. The van der Waals surface area contributed by atoms with Crippen LogP contribution >= 0.6 is 11.6 Å².